The fraction of sp³-hybridized carbons (Fsp3) is 0.211. The summed E-state index contributed by atoms with van der Waals surface area (Å²) in [6, 6.07) is 9.45. The molecule has 156 valence electrons. The highest BCUT2D eigenvalue weighted by molar-refractivity contribution is 7.93. The predicted octanol–water partition coefficient (Wildman–Crippen LogP) is 4.55. The van der Waals surface area contributed by atoms with E-state index in [1.165, 1.54) is 12.1 Å². The van der Waals surface area contributed by atoms with Gasteiger partial charge < -0.3 is 4.90 Å². The number of aromatic nitrogens is 2. The molecule has 30 heavy (non-hydrogen) atoms. The lowest BCUT2D eigenvalue weighted by Gasteiger charge is -2.30. The number of hydrogen-bond donors (Lipinski definition) is 1. The molecule has 1 aliphatic heterocycles. The van der Waals surface area contributed by atoms with E-state index in [0.29, 0.717) is 40.7 Å². The van der Waals surface area contributed by atoms with E-state index in [-0.39, 0.29) is 21.0 Å². The summed E-state index contributed by atoms with van der Waals surface area (Å²) >= 11 is 13.3. The summed E-state index contributed by atoms with van der Waals surface area (Å²) in [6.07, 6.45) is 1.37. The van der Waals surface area contributed by atoms with Gasteiger partial charge in [0.15, 0.2) is 0 Å². The topological polar surface area (TPSA) is 92.3 Å². The Morgan fingerprint density at radius 1 is 1.17 bits per heavy atom. The van der Waals surface area contributed by atoms with Crippen LogP contribution in [0.15, 0.2) is 41.3 Å². The molecule has 1 aliphatic rings. The number of halogens is 2. The second-order valence-corrected chi connectivity index (χ2v) is 10.4. The zero-order valence-corrected chi connectivity index (χ0v) is 18.9. The largest absolute Gasteiger partial charge is 0.308 e. The van der Waals surface area contributed by atoms with E-state index in [9.17, 15) is 13.2 Å². The number of amides is 1. The lowest BCUT2D eigenvalue weighted by atomic mass is 10.0. The lowest BCUT2D eigenvalue weighted by molar-refractivity contribution is 0.0985. The molecule has 1 N–H and O–H groups in total. The SMILES string of the molecule is Cc1nnc(NS(=O)(=O)c2ccc3c(c2)CCCN3C(=O)c2ccc(Cl)cc2Cl)s1. The fourth-order valence-electron chi connectivity index (χ4n) is 3.27. The van der Waals surface area contributed by atoms with Gasteiger partial charge in [0.2, 0.25) is 5.13 Å². The van der Waals surface area contributed by atoms with Crippen LogP contribution in [0.1, 0.15) is 27.3 Å². The highest BCUT2D eigenvalue weighted by Gasteiger charge is 2.27. The third-order valence-corrected chi connectivity index (χ3v) is 7.40. The molecule has 2 heterocycles. The third-order valence-electron chi connectivity index (χ3n) is 4.63. The van der Waals surface area contributed by atoms with Crippen LogP contribution in [0.4, 0.5) is 10.8 Å². The standard InChI is InChI=1S/C19H16Cl2N4O3S2/c1-11-22-23-19(29-11)24-30(27,28)14-5-7-17-12(9-14)3-2-8-25(17)18(26)15-6-4-13(20)10-16(15)21/h4-7,9-10H,2-3,8H2,1H3,(H,23,24). The molecule has 0 bridgehead atoms. The van der Waals surface area contributed by atoms with Crippen molar-refractivity contribution in [2.45, 2.75) is 24.7 Å². The van der Waals surface area contributed by atoms with E-state index < -0.39 is 10.0 Å². The van der Waals surface area contributed by atoms with Gasteiger partial charge in [0, 0.05) is 17.3 Å². The molecule has 11 heteroatoms. The molecule has 1 amide bonds. The average molecular weight is 483 g/mol. The van der Waals surface area contributed by atoms with E-state index in [4.69, 9.17) is 23.2 Å². The minimum atomic E-state index is -3.82. The number of anilines is 2. The summed E-state index contributed by atoms with van der Waals surface area (Å²) in [6.45, 7) is 2.26. The highest BCUT2D eigenvalue weighted by Crippen LogP contribution is 2.33. The first kappa shape index (κ1) is 21.0. The number of carbonyl (C=O) groups excluding carboxylic acids is 1. The minimum Gasteiger partial charge on any atom is -0.308 e. The van der Waals surface area contributed by atoms with Crippen molar-refractivity contribution in [1.82, 2.24) is 10.2 Å². The van der Waals surface area contributed by atoms with Crippen molar-refractivity contribution < 1.29 is 13.2 Å². The van der Waals surface area contributed by atoms with E-state index in [1.54, 1.807) is 36.1 Å². The number of benzene rings is 2. The zero-order chi connectivity index (χ0) is 21.5. The Labute approximate surface area is 187 Å². The molecule has 0 spiro atoms. The van der Waals surface area contributed by atoms with Gasteiger partial charge in [-0.2, -0.15) is 0 Å². The Morgan fingerprint density at radius 3 is 2.67 bits per heavy atom. The van der Waals surface area contributed by atoms with Crippen molar-refractivity contribution in [2.24, 2.45) is 0 Å². The number of rotatable bonds is 4. The number of fused-ring (bicyclic) bond motifs is 1. The third kappa shape index (κ3) is 4.15. The van der Waals surface area contributed by atoms with Gasteiger partial charge in [0.1, 0.15) is 5.01 Å². The van der Waals surface area contributed by atoms with E-state index in [2.05, 4.69) is 14.9 Å². The molecular weight excluding hydrogens is 467 g/mol. The van der Waals surface area contributed by atoms with Crippen LogP contribution < -0.4 is 9.62 Å². The summed E-state index contributed by atoms with van der Waals surface area (Å²) in [5, 5.41) is 9.20. The van der Waals surface area contributed by atoms with E-state index in [1.807, 2.05) is 0 Å². The van der Waals surface area contributed by atoms with Crippen molar-refractivity contribution in [3.63, 3.8) is 0 Å². The summed E-state index contributed by atoms with van der Waals surface area (Å²) in [5.74, 6) is -0.254. The molecule has 2 aromatic carbocycles. The van der Waals surface area contributed by atoms with Crippen molar-refractivity contribution in [3.05, 3.63) is 62.6 Å². The summed E-state index contributed by atoms with van der Waals surface area (Å²) in [4.78, 5) is 14.8. The smallest absolute Gasteiger partial charge is 0.263 e. The highest BCUT2D eigenvalue weighted by atomic mass is 35.5. The molecule has 0 unspecified atom stereocenters. The quantitative estimate of drug-likeness (QED) is 0.588. The average Bonchev–Trinajstić information content (AvgIpc) is 3.10. The summed E-state index contributed by atoms with van der Waals surface area (Å²) in [5.41, 5.74) is 1.79. The molecule has 4 rings (SSSR count). The molecule has 7 nitrogen and oxygen atoms in total. The Morgan fingerprint density at radius 2 is 1.97 bits per heavy atom. The Hall–Kier alpha value is -2.20. The number of nitrogens with one attached hydrogen (secondary N) is 1. The van der Waals surface area contributed by atoms with Gasteiger partial charge in [0.05, 0.1) is 15.5 Å². The Balaban J connectivity index is 1.65. The predicted molar refractivity (Wildman–Crippen MR) is 118 cm³/mol. The fourth-order valence-corrected chi connectivity index (χ4v) is 5.63. The maximum absolute atomic E-state index is 13.1. The van der Waals surface area contributed by atoms with Crippen LogP contribution in [0.25, 0.3) is 0 Å². The number of hydrogen-bond acceptors (Lipinski definition) is 6. The van der Waals surface area contributed by atoms with Crippen LogP contribution in [-0.4, -0.2) is 31.1 Å². The van der Waals surface area contributed by atoms with Crippen LogP contribution in [0, 0.1) is 6.92 Å². The van der Waals surface area contributed by atoms with Crippen molar-refractivity contribution in [3.8, 4) is 0 Å². The monoisotopic (exact) mass is 482 g/mol. The molecule has 0 saturated heterocycles. The number of aryl methyl sites for hydroxylation is 2. The molecule has 0 radical (unpaired) electrons. The van der Waals surface area contributed by atoms with Gasteiger partial charge in [0.25, 0.3) is 15.9 Å². The minimum absolute atomic E-state index is 0.105. The van der Waals surface area contributed by atoms with Crippen molar-refractivity contribution in [1.29, 1.82) is 0 Å². The van der Waals surface area contributed by atoms with Crippen LogP contribution in [0.2, 0.25) is 10.0 Å². The second-order valence-electron chi connectivity index (χ2n) is 6.71. The summed E-state index contributed by atoms with van der Waals surface area (Å²) < 4.78 is 27.9. The van der Waals surface area contributed by atoms with Crippen LogP contribution in [0.5, 0.6) is 0 Å². The molecule has 0 fully saturated rings. The van der Waals surface area contributed by atoms with Gasteiger partial charge in [-0.3, -0.25) is 9.52 Å². The molecule has 0 aliphatic carbocycles. The first-order chi connectivity index (χ1) is 14.2. The van der Waals surface area contributed by atoms with Crippen molar-refractivity contribution >= 4 is 61.3 Å². The maximum Gasteiger partial charge on any atom is 0.263 e. The van der Waals surface area contributed by atoms with Gasteiger partial charge in [-0.05, 0) is 61.7 Å². The van der Waals surface area contributed by atoms with E-state index in [0.717, 1.165) is 16.9 Å². The molecule has 3 aromatic rings. The first-order valence-corrected chi connectivity index (χ1v) is 12.0. The van der Waals surface area contributed by atoms with Crippen LogP contribution in [-0.2, 0) is 16.4 Å². The molecule has 0 atom stereocenters. The lowest BCUT2D eigenvalue weighted by Crippen LogP contribution is -2.35. The van der Waals surface area contributed by atoms with E-state index >= 15 is 0 Å². The zero-order valence-electron chi connectivity index (χ0n) is 15.7. The normalized spacial score (nSPS) is 13.8. The summed E-state index contributed by atoms with van der Waals surface area (Å²) in [7, 11) is -3.82. The number of nitrogens with zero attached hydrogens (tertiary/aromatic N) is 3. The first-order valence-electron chi connectivity index (χ1n) is 8.97. The van der Waals surface area contributed by atoms with Gasteiger partial charge in [-0.25, -0.2) is 8.42 Å². The van der Waals surface area contributed by atoms with Gasteiger partial charge >= 0.3 is 0 Å². The van der Waals surface area contributed by atoms with Gasteiger partial charge in [-0.1, -0.05) is 34.5 Å². The molecule has 1 aromatic heterocycles. The van der Waals surface area contributed by atoms with Crippen LogP contribution >= 0.6 is 34.5 Å². The second kappa shape index (κ2) is 8.14. The number of sulfonamides is 1. The van der Waals surface area contributed by atoms with Crippen molar-refractivity contribution in [2.75, 3.05) is 16.2 Å². The maximum atomic E-state index is 13.1. The Kier molecular flexibility index (Phi) is 5.71. The van der Waals surface area contributed by atoms with Gasteiger partial charge in [-0.15, -0.1) is 10.2 Å². The molecule has 0 saturated carbocycles. The molecular formula is C19H16Cl2N4O3S2. The van der Waals surface area contributed by atoms with Crippen LogP contribution in [0.3, 0.4) is 0 Å². The Bertz CT molecular complexity index is 1240. The number of carbonyl (C=O) groups is 1.